The van der Waals surface area contributed by atoms with Crippen LogP contribution in [0.1, 0.15) is 129 Å². The summed E-state index contributed by atoms with van der Waals surface area (Å²) in [6.45, 7) is 12.8. The lowest BCUT2D eigenvalue weighted by Crippen LogP contribution is -2.59. The predicted octanol–water partition coefficient (Wildman–Crippen LogP) is 7.46. The van der Waals surface area contributed by atoms with Crippen LogP contribution in [0.2, 0.25) is 0 Å². The lowest BCUT2D eigenvalue weighted by atomic mass is 9.67. The van der Waals surface area contributed by atoms with E-state index in [2.05, 4.69) is 59.6 Å². The summed E-state index contributed by atoms with van der Waals surface area (Å²) < 4.78 is 0. The molecule has 1 unspecified atom stereocenters. The van der Waals surface area contributed by atoms with Crippen LogP contribution < -0.4 is 0 Å². The molecule has 4 fully saturated rings. The summed E-state index contributed by atoms with van der Waals surface area (Å²) >= 11 is 0. The zero-order valence-corrected chi connectivity index (χ0v) is 29.8. The fourth-order valence-corrected chi connectivity index (χ4v) is 9.65. The first-order chi connectivity index (χ1) is 21.0. The van der Waals surface area contributed by atoms with Crippen molar-refractivity contribution < 1.29 is 0 Å². The quantitative estimate of drug-likeness (QED) is 0.160. The lowest BCUT2D eigenvalue weighted by Gasteiger charge is -2.54. The van der Waals surface area contributed by atoms with Gasteiger partial charge >= 0.3 is 0 Å². The lowest BCUT2D eigenvalue weighted by molar-refractivity contribution is -0.0494. The largest absolute Gasteiger partial charge is 0.306 e. The van der Waals surface area contributed by atoms with Gasteiger partial charge in [-0.2, -0.15) is 0 Å². The van der Waals surface area contributed by atoms with Crippen molar-refractivity contribution in [2.24, 2.45) is 17.8 Å². The van der Waals surface area contributed by atoms with Crippen molar-refractivity contribution in [3.05, 3.63) is 0 Å². The molecular formula is C38H75N5. The van der Waals surface area contributed by atoms with Gasteiger partial charge in [-0.3, -0.25) is 4.90 Å². The van der Waals surface area contributed by atoms with Gasteiger partial charge in [-0.25, -0.2) is 0 Å². The zero-order chi connectivity index (χ0) is 30.4. The summed E-state index contributed by atoms with van der Waals surface area (Å²) in [5.74, 6) is 2.76. The van der Waals surface area contributed by atoms with E-state index < -0.39 is 0 Å². The van der Waals surface area contributed by atoms with E-state index in [0.717, 1.165) is 35.9 Å². The van der Waals surface area contributed by atoms with Crippen LogP contribution in [-0.2, 0) is 0 Å². The van der Waals surface area contributed by atoms with Crippen LogP contribution in [0.15, 0.2) is 0 Å². The van der Waals surface area contributed by atoms with Gasteiger partial charge < -0.3 is 19.6 Å². The third kappa shape index (κ3) is 11.5. The van der Waals surface area contributed by atoms with E-state index in [0.29, 0.717) is 0 Å². The fourth-order valence-electron chi connectivity index (χ4n) is 9.65. The highest BCUT2D eigenvalue weighted by Gasteiger charge is 2.44. The van der Waals surface area contributed by atoms with Crippen molar-refractivity contribution in [1.29, 1.82) is 0 Å². The Morgan fingerprint density at radius 2 is 0.791 bits per heavy atom. The molecule has 0 aliphatic carbocycles. The van der Waals surface area contributed by atoms with Gasteiger partial charge in [0.25, 0.3) is 0 Å². The van der Waals surface area contributed by atoms with E-state index in [1.165, 1.54) is 174 Å². The maximum Gasteiger partial charge on any atom is 0.0135 e. The van der Waals surface area contributed by atoms with Crippen molar-refractivity contribution in [2.75, 3.05) is 80.5 Å². The maximum atomic E-state index is 3.30. The van der Waals surface area contributed by atoms with Crippen LogP contribution in [0.25, 0.3) is 0 Å². The summed E-state index contributed by atoms with van der Waals surface area (Å²) in [6.07, 6.45) is 27.3. The number of hydrogen-bond donors (Lipinski definition) is 0. The van der Waals surface area contributed by atoms with Gasteiger partial charge in [-0.15, -0.1) is 0 Å². The Hall–Kier alpha value is -0.200. The number of unbranched alkanes of at least 4 members (excludes halogenated alkanes) is 9. The molecule has 0 saturated carbocycles. The van der Waals surface area contributed by atoms with Gasteiger partial charge in [0.05, 0.1) is 0 Å². The first-order valence-electron chi connectivity index (χ1n) is 19.5. The molecule has 0 aromatic carbocycles. The number of nitrogens with zero attached hydrogens (tertiary/aromatic N) is 5. The molecule has 0 aromatic rings. The minimum atomic E-state index is 0.803. The van der Waals surface area contributed by atoms with Gasteiger partial charge in [0.2, 0.25) is 0 Å². The van der Waals surface area contributed by atoms with Crippen LogP contribution in [0.5, 0.6) is 0 Å². The molecule has 43 heavy (non-hydrogen) atoms. The van der Waals surface area contributed by atoms with Crippen LogP contribution in [0.3, 0.4) is 0 Å². The smallest absolute Gasteiger partial charge is 0.0135 e. The van der Waals surface area contributed by atoms with Crippen molar-refractivity contribution >= 4 is 0 Å². The molecule has 4 aliphatic rings. The molecule has 1 atom stereocenters. The summed E-state index contributed by atoms with van der Waals surface area (Å²) in [7, 11) is 9.45. The monoisotopic (exact) mass is 602 g/mol. The SMILES string of the molecule is CCCCCCCCCCCCC(C(C1CCN(C)CC1)C1CCN(C)CC1)N(C1CCN(C)CC1)C1CCN(C)CC1. The molecule has 0 amide bonds. The summed E-state index contributed by atoms with van der Waals surface area (Å²) in [5.41, 5.74) is 0. The minimum Gasteiger partial charge on any atom is -0.306 e. The van der Waals surface area contributed by atoms with Crippen LogP contribution in [-0.4, -0.2) is 123 Å². The van der Waals surface area contributed by atoms with Gasteiger partial charge in [0.15, 0.2) is 0 Å². The number of likely N-dealkylation sites (tertiary alicyclic amines) is 4. The number of hydrogen-bond acceptors (Lipinski definition) is 5. The summed E-state index contributed by atoms with van der Waals surface area (Å²) in [6, 6.07) is 2.41. The molecule has 0 radical (unpaired) electrons. The first kappa shape index (κ1) is 35.7. The minimum absolute atomic E-state index is 0.803. The topological polar surface area (TPSA) is 16.2 Å². The molecule has 0 spiro atoms. The Morgan fingerprint density at radius 3 is 1.16 bits per heavy atom. The second-order valence-corrected chi connectivity index (χ2v) is 15.9. The average Bonchev–Trinajstić information content (AvgIpc) is 3.01. The third-order valence-electron chi connectivity index (χ3n) is 12.5. The van der Waals surface area contributed by atoms with Crippen LogP contribution in [0.4, 0.5) is 0 Å². The van der Waals surface area contributed by atoms with E-state index in [4.69, 9.17) is 0 Å². The fraction of sp³-hybridized carbons (Fsp3) is 1.00. The third-order valence-corrected chi connectivity index (χ3v) is 12.5. The predicted molar refractivity (Wildman–Crippen MR) is 187 cm³/mol. The normalized spacial score (nSPS) is 24.9. The molecule has 4 heterocycles. The molecule has 5 heteroatoms. The van der Waals surface area contributed by atoms with Crippen molar-refractivity contribution in [2.45, 2.75) is 147 Å². The molecule has 5 nitrogen and oxygen atoms in total. The van der Waals surface area contributed by atoms with Gasteiger partial charge in [0.1, 0.15) is 0 Å². The maximum absolute atomic E-state index is 3.30. The van der Waals surface area contributed by atoms with Crippen LogP contribution >= 0.6 is 0 Å². The molecule has 0 bridgehead atoms. The summed E-state index contributed by atoms with van der Waals surface area (Å²) in [5, 5.41) is 0. The Kier molecular flexibility index (Phi) is 16.1. The van der Waals surface area contributed by atoms with Crippen molar-refractivity contribution in [3.8, 4) is 0 Å². The second-order valence-electron chi connectivity index (χ2n) is 15.9. The highest BCUT2D eigenvalue weighted by atomic mass is 15.3. The van der Waals surface area contributed by atoms with E-state index >= 15 is 0 Å². The molecule has 4 saturated heterocycles. The Labute approximate surface area is 269 Å². The second kappa shape index (κ2) is 19.5. The highest BCUT2D eigenvalue weighted by molar-refractivity contribution is 4.98. The standard InChI is InChI=1S/C38H75N5/c1-6-7-8-9-10-11-12-13-14-15-16-37(38(33-17-25-39(2)26-18-33)34-19-27-40(3)28-20-34)43(35-21-29-41(4)30-22-35)36-23-31-42(5)32-24-36/h33-38H,6-32H2,1-5H3. The Balaban J connectivity index is 1.51. The molecule has 0 N–H and O–H groups in total. The Bertz CT molecular complexity index is 607. The Morgan fingerprint density at radius 1 is 0.465 bits per heavy atom. The number of piperidine rings is 4. The molecule has 4 aliphatic heterocycles. The van der Waals surface area contributed by atoms with E-state index in [9.17, 15) is 0 Å². The first-order valence-corrected chi connectivity index (χ1v) is 19.5. The van der Waals surface area contributed by atoms with Gasteiger partial charge in [0, 0.05) is 18.1 Å². The van der Waals surface area contributed by atoms with Crippen molar-refractivity contribution in [3.63, 3.8) is 0 Å². The van der Waals surface area contributed by atoms with Crippen LogP contribution in [0, 0.1) is 17.8 Å². The highest BCUT2D eigenvalue weighted by Crippen LogP contribution is 2.43. The molecule has 252 valence electrons. The zero-order valence-electron chi connectivity index (χ0n) is 29.8. The summed E-state index contributed by atoms with van der Waals surface area (Å²) in [4.78, 5) is 13.7. The van der Waals surface area contributed by atoms with E-state index in [1.807, 2.05) is 0 Å². The molecule has 0 aromatic heterocycles. The average molecular weight is 602 g/mol. The van der Waals surface area contributed by atoms with E-state index in [-0.39, 0.29) is 0 Å². The van der Waals surface area contributed by atoms with Gasteiger partial charge in [-0.1, -0.05) is 71.1 Å². The van der Waals surface area contributed by atoms with Gasteiger partial charge in [-0.05, 0) is 156 Å². The number of rotatable bonds is 17. The molecule has 4 rings (SSSR count). The van der Waals surface area contributed by atoms with Crippen molar-refractivity contribution in [1.82, 2.24) is 24.5 Å². The van der Waals surface area contributed by atoms with E-state index in [1.54, 1.807) is 0 Å². The molecular weight excluding hydrogens is 526 g/mol.